The highest BCUT2D eigenvalue weighted by molar-refractivity contribution is 7.89. The normalized spacial score (nSPS) is 30.2. The van der Waals surface area contributed by atoms with Gasteiger partial charge in [-0.3, -0.25) is 0 Å². The first-order chi connectivity index (χ1) is 19.9. The van der Waals surface area contributed by atoms with Gasteiger partial charge in [-0.25, -0.2) is 13.2 Å². The Morgan fingerprint density at radius 3 is 2.63 bits per heavy atom. The molecule has 2 aliphatic heterocycles. The van der Waals surface area contributed by atoms with E-state index in [1.807, 2.05) is 0 Å². The Morgan fingerprint density at radius 1 is 1.24 bits per heavy atom. The van der Waals surface area contributed by atoms with Gasteiger partial charge in [0, 0.05) is 21.5 Å². The highest BCUT2D eigenvalue weighted by atomic mass is 32.2. The van der Waals surface area contributed by atoms with Crippen LogP contribution in [-0.4, -0.2) is 74.7 Å². The van der Waals surface area contributed by atoms with Crippen LogP contribution in [0.4, 0.5) is 10.5 Å². The summed E-state index contributed by atoms with van der Waals surface area (Å²) in [5, 5.41) is 13.9. The number of hydrogen-bond acceptors (Lipinski definition) is 8. The summed E-state index contributed by atoms with van der Waals surface area (Å²) in [4.78, 5) is 13.1. The van der Waals surface area contributed by atoms with Crippen LogP contribution in [0.15, 0.2) is 59.5 Å². The molecule has 1 amide bonds. The van der Waals surface area contributed by atoms with Crippen molar-refractivity contribution in [2.75, 3.05) is 32.0 Å². The molecule has 2 heterocycles. The fourth-order valence-electron chi connectivity index (χ4n) is 4.23. The van der Waals surface area contributed by atoms with Gasteiger partial charge in [0.25, 0.3) is 0 Å². The van der Waals surface area contributed by atoms with Crippen molar-refractivity contribution in [2.24, 2.45) is 11.8 Å². The minimum Gasteiger partial charge on any atom is -0.443 e. The SMILES string of the molecule is [2H]C(C)(C)CN(C[C@@H](O)[C@H](Cc1ccccc1)NC(=O)O[C@@]1([2H])C([2H])([2H])O[C@H]2OCC[C@]21[2H])S(=O)(=O)c1ccc(N)cc1. The Balaban J connectivity index is 1.60. The Labute approximate surface area is 231 Å². The lowest BCUT2D eigenvalue weighted by atomic mass is 10.0. The molecule has 38 heavy (non-hydrogen) atoms. The summed E-state index contributed by atoms with van der Waals surface area (Å²) < 4.78 is 85.8. The van der Waals surface area contributed by atoms with Crippen LogP contribution < -0.4 is 11.1 Å². The molecule has 2 aromatic carbocycles. The molecule has 0 aliphatic carbocycles. The number of nitrogens with one attached hydrogen (secondary N) is 1. The summed E-state index contributed by atoms with van der Waals surface area (Å²) in [7, 11) is -4.22. The van der Waals surface area contributed by atoms with Crippen LogP contribution in [0.3, 0.4) is 0 Å². The third kappa shape index (κ3) is 7.03. The number of aliphatic hydroxyl groups is 1. The number of carbonyl (C=O) groups excluding carboxylic acids is 1. The predicted octanol–water partition coefficient (Wildman–Crippen LogP) is 2.38. The third-order valence-corrected chi connectivity index (χ3v) is 7.96. The van der Waals surface area contributed by atoms with Gasteiger partial charge >= 0.3 is 6.09 Å². The second kappa shape index (κ2) is 12.4. The van der Waals surface area contributed by atoms with Gasteiger partial charge in [0.2, 0.25) is 10.0 Å². The van der Waals surface area contributed by atoms with Crippen molar-refractivity contribution in [3.8, 4) is 0 Å². The molecule has 4 rings (SSSR count). The maximum atomic E-state index is 13.6. The van der Waals surface area contributed by atoms with E-state index in [0.29, 0.717) is 11.3 Å². The molecule has 0 spiro atoms. The summed E-state index contributed by atoms with van der Waals surface area (Å²) in [5.41, 5.74) is 6.74. The monoisotopic (exact) mass is 552 g/mol. The number of aliphatic hydroxyl groups excluding tert-OH is 1. The van der Waals surface area contributed by atoms with Gasteiger partial charge in [-0.2, -0.15) is 4.31 Å². The maximum Gasteiger partial charge on any atom is 0.407 e. The molecule has 208 valence electrons. The average Bonchev–Trinajstić information content (AvgIpc) is 3.34. The van der Waals surface area contributed by atoms with Gasteiger partial charge in [0.15, 0.2) is 6.29 Å². The highest BCUT2D eigenvalue weighted by Crippen LogP contribution is 2.33. The second-order valence-corrected chi connectivity index (χ2v) is 11.4. The number of anilines is 1. The first-order valence-electron chi connectivity index (χ1n) is 14.7. The Hall–Kier alpha value is -2.70. The average molecular weight is 553 g/mol. The number of nitrogen functional groups attached to an aromatic ring is 1. The number of hydrogen-bond donors (Lipinski definition) is 3. The van der Waals surface area contributed by atoms with E-state index in [2.05, 4.69) is 5.32 Å². The predicted molar refractivity (Wildman–Crippen MR) is 142 cm³/mol. The number of benzene rings is 2. The molecule has 0 radical (unpaired) electrons. The molecular formula is C27H37N3O7S. The van der Waals surface area contributed by atoms with Gasteiger partial charge in [-0.1, -0.05) is 44.2 Å². The van der Waals surface area contributed by atoms with Crippen molar-refractivity contribution in [3.63, 3.8) is 0 Å². The van der Waals surface area contributed by atoms with Crippen LogP contribution in [0, 0.1) is 11.8 Å². The van der Waals surface area contributed by atoms with E-state index in [4.69, 9.17) is 26.8 Å². The topological polar surface area (TPSA) is 140 Å². The Morgan fingerprint density at radius 2 is 1.95 bits per heavy atom. The van der Waals surface area contributed by atoms with E-state index < -0.39 is 65.5 Å². The molecule has 2 aromatic rings. The number of amides is 1. The Kier molecular flexibility index (Phi) is 7.25. The minimum absolute atomic E-state index is 0.00325. The standard InChI is InChI=1S/C27H37N3O7S/c1-18(2)15-30(38(33,34)21-10-8-20(28)9-11-21)16-24(31)23(14-19-6-4-3-5-7-19)29-27(32)37-25-17-36-26-22(25)12-13-35-26/h3-11,18,22-26,31H,12-17,28H2,1-2H3,(H,29,32)/t22-,23-,24+,25-,26+/m0/s1/i17D2,18D,22D,25D. The lowest BCUT2D eigenvalue weighted by Crippen LogP contribution is -2.51. The van der Waals surface area contributed by atoms with Crippen LogP contribution in [0.25, 0.3) is 0 Å². The molecule has 0 aromatic heterocycles. The van der Waals surface area contributed by atoms with Crippen molar-refractivity contribution in [2.45, 2.75) is 56.1 Å². The second-order valence-electron chi connectivity index (χ2n) is 9.50. The van der Waals surface area contributed by atoms with Crippen LogP contribution in [0.2, 0.25) is 0 Å². The fraction of sp³-hybridized carbons (Fsp3) is 0.519. The van der Waals surface area contributed by atoms with Gasteiger partial charge in [0.05, 0.1) is 40.2 Å². The number of alkyl carbamates (subject to hydrolysis) is 1. The van der Waals surface area contributed by atoms with Crippen LogP contribution in [-0.2, 0) is 30.7 Å². The van der Waals surface area contributed by atoms with Gasteiger partial charge in [-0.15, -0.1) is 0 Å². The van der Waals surface area contributed by atoms with Crippen molar-refractivity contribution < 1.29 is 39.4 Å². The number of nitrogens with two attached hydrogens (primary N) is 1. The zero-order valence-corrected chi connectivity index (χ0v) is 22.1. The summed E-state index contributed by atoms with van der Waals surface area (Å²) in [5.74, 6) is -3.30. The van der Waals surface area contributed by atoms with E-state index in [0.717, 1.165) is 4.31 Å². The molecule has 0 unspecified atom stereocenters. The zero-order chi connectivity index (χ0) is 31.8. The van der Waals surface area contributed by atoms with E-state index in [-0.39, 0.29) is 30.9 Å². The van der Waals surface area contributed by atoms with Crippen LogP contribution in [0.1, 0.15) is 32.7 Å². The van der Waals surface area contributed by atoms with Gasteiger partial charge in [-0.05, 0) is 48.6 Å². The molecule has 5 atom stereocenters. The van der Waals surface area contributed by atoms with Crippen molar-refractivity contribution in [1.82, 2.24) is 9.62 Å². The molecule has 0 bridgehead atoms. The van der Waals surface area contributed by atoms with E-state index in [1.54, 1.807) is 30.3 Å². The first-order valence-corrected chi connectivity index (χ1v) is 13.7. The minimum atomic E-state index is -4.22. The lowest BCUT2D eigenvalue weighted by molar-refractivity contribution is -0.0907. The Bertz CT molecular complexity index is 1400. The summed E-state index contributed by atoms with van der Waals surface area (Å²) in [6.07, 6.45) is -7.21. The molecular weight excluding hydrogens is 510 g/mol. The molecule has 2 fully saturated rings. The number of fused-ring (bicyclic) bond motifs is 1. The van der Waals surface area contributed by atoms with Crippen molar-refractivity contribution in [1.29, 1.82) is 0 Å². The lowest BCUT2D eigenvalue weighted by Gasteiger charge is -2.31. The number of ether oxygens (including phenoxy) is 3. The van der Waals surface area contributed by atoms with E-state index in [9.17, 15) is 18.3 Å². The van der Waals surface area contributed by atoms with Crippen molar-refractivity contribution in [3.05, 3.63) is 60.2 Å². The number of nitrogens with zero attached hydrogens (tertiary/aromatic N) is 1. The summed E-state index contributed by atoms with van der Waals surface area (Å²) in [6.45, 7) is -0.658. The fourth-order valence-corrected chi connectivity index (χ4v) is 5.78. The quantitative estimate of drug-likeness (QED) is 0.361. The molecule has 11 heteroatoms. The largest absolute Gasteiger partial charge is 0.443 e. The summed E-state index contributed by atoms with van der Waals surface area (Å²) in [6, 6.07) is 13.0. The number of sulfonamides is 1. The van der Waals surface area contributed by atoms with Gasteiger partial charge < -0.3 is 30.4 Å². The molecule has 0 saturated carbocycles. The smallest absolute Gasteiger partial charge is 0.407 e. The number of rotatable bonds is 11. The molecule has 2 saturated heterocycles. The molecule has 4 N–H and O–H groups in total. The third-order valence-electron chi connectivity index (χ3n) is 6.14. The molecule has 10 nitrogen and oxygen atoms in total. The van der Waals surface area contributed by atoms with Crippen LogP contribution in [0.5, 0.6) is 0 Å². The van der Waals surface area contributed by atoms with E-state index >= 15 is 0 Å². The van der Waals surface area contributed by atoms with Crippen molar-refractivity contribution >= 4 is 21.8 Å². The molecule has 2 aliphatic rings. The first kappa shape index (κ1) is 22.2. The number of carbonyl (C=O) groups is 1. The van der Waals surface area contributed by atoms with Gasteiger partial charge in [0.1, 0.15) is 6.08 Å². The summed E-state index contributed by atoms with van der Waals surface area (Å²) >= 11 is 0. The highest BCUT2D eigenvalue weighted by Gasteiger charge is 2.44. The zero-order valence-electron chi connectivity index (χ0n) is 26.3. The van der Waals surface area contributed by atoms with E-state index in [1.165, 1.54) is 38.1 Å². The maximum absolute atomic E-state index is 13.6. The van der Waals surface area contributed by atoms with Crippen LogP contribution >= 0.6 is 0 Å².